The first-order valence-electron chi connectivity index (χ1n) is 10.2. The number of nitrogens with one attached hydrogen (secondary N) is 1. The Morgan fingerprint density at radius 3 is 2.55 bits per heavy atom. The molecule has 1 amide bonds. The number of anilines is 1. The van der Waals surface area contributed by atoms with Crippen LogP contribution in [-0.2, 0) is 11.3 Å². The number of carbonyl (C=O) groups excluding carboxylic acids is 1. The first-order valence-corrected chi connectivity index (χ1v) is 11.2. The Morgan fingerprint density at radius 1 is 1.16 bits per heavy atom. The molecule has 0 radical (unpaired) electrons. The lowest BCUT2D eigenvalue weighted by Gasteiger charge is -2.16. The normalized spacial score (nSPS) is 12.1. The van der Waals surface area contributed by atoms with Crippen molar-refractivity contribution in [2.75, 3.05) is 11.1 Å². The van der Waals surface area contributed by atoms with E-state index in [9.17, 15) is 9.18 Å². The van der Waals surface area contributed by atoms with Crippen molar-refractivity contribution < 1.29 is 13.9 Å². The molecule has 0 aliphatic carbocycles. The molecule has 0 saturated carbocycles. The molecule has 6 nitrogen and oxygen atoms in total. The Kier molecular flexibility index (Phi) is 7.68. The molecule has 164 valence electrons. The fourth-order valence-corrected chi connectivity index (χ4v) is 3.90. The third-order valence-electron chi connectivity index (χ3n) is 4.73. The van der Waals surface area contributed by atoms with Crippen LogP contribution in [0.25, 0.3) is 0 Å². The number of carbonyl (C=O) groups is 1. The molecule has 1 atom stereocenters. The minimum absolute atomic E-state index is 0.139. The highest BCUT2D eigenvalue weighted by Gasteiger charge is 2.19. The molecular weight excluding hydrogens is 415 g/mol. The molecule has 31 heavy (non-hydrogen) atoms. The highest BCUT2D eigenvalue weighted by atomic mass is 32.2. The molecule has 0 aliphatic heterocycles. The fraction of sp³-hybridized carbons (Fsp3) is 0.348. The fourth-order valence-electron chi connectivity index (χ4n) is 3.09. The first-order chi connectivity index (χ1) is 14.9. The van der Waals surface area contributed by atoms with Gasteiger partial charge in [0.1, 0.15) is 11.6 Å². The highest BCUT2D eigenvalue weighted by molar-refractivity contribution is 7.99. The average Bonchev–Trinajstić information content (AvgIpc) is 3.16. The summed E-state index contributed by atoms with van der Waals surface area (Å²) in [6, 6.07) is 13.9. The minimum atomic E-state index is -0.395. The van der Waals surface area contributed by atoms with E-state index in [0.29, 0.717) is 29.1 Å². The monoisotopic (exact) mass is 442 g/mol. The summed E-state index contributed by atoms with van der Waals surface area (Å²) in [6.45, 7) is 8.88. The Hall–Kier alpha value is -2.87. The van der Waals surface area contributed by atoms with Gasteiger partial charge in [0.15, 0.2) is 17.1 Å². The molecule has 1 aromatic heterocycles. The molecule has 2 aromatic carbocycles. The Labute approximate surface area is 186 Å². The number of ether oxygens (including phenoxy) is 1. The Morgan fingerprint density at radius 2 is 1.90 bits per heavy atom. The van der Waals surface area contributed by atoms with Crippen LogP contribution in [0.1, 0.15) is 51.1 Å². The zero-order valence-corrected chi connectivity index (χ0v) is 18.9. The van der Waals surface area contributed by atoms with Crippen LogP contribution >= 0.6 is 11.8 Å². The van der Waals surface area contributed by atoms with Gasteiger partial charge < -0.3 is 14.6 Å². The quantitative estimate of drug-likeness (QED) is 0.448. The molecular formula is C23H27FN4O2S. The topological polar surface area (TPSA) is 69.0 Å². The standard InChI is InChI=1S/C23H27FN4O2S/c1-5-28-22(16(4)30-20-11-9-17(10-12-20)15(2)3)26-27-23(28)31-14-21(29)25-19-8-6-7-18(24)13-19/h6-13,15-16H,5,14H2,1-4H3,(H,25,29). The van der Waals surface area contributed by atoms with E-state index in [1.54, 1.807) is 12.1 Å². The average molecular weight is 443 g/mol. The molecule has 0 spiro atoms. The van der Waals surface area contributed by atoms with Crippen molar-refractivity contribution in [3.8, 4) is 5.75 Å². The van der Waals surface area contributed by atoms with Crippen molar-refractivity contribution in [2.45, 2.75) is 51.4 Å². The molecule has 3 rings (SSSR count). The van der Waals surface area contributed by atoms with Gasteiger partial charge in [-0.3, -0.25) is 4.79 Å². The number of thioether (sulfide) groups is 1. The van der Waals surface area contributed by atoms with Crippen LogP contribution in [-0.4, -0.2) is 26.4 Å². The summed E-state index contributed by atoms with van der Waals surface area (Å²) < 4.78 is 21.3. The van der Waals surface area contributed by atoms with Gasteiger partial charge in [0, 0.05) is 12.2 Å². The SMILES string of the molecule is CCn1c(SCC(=O)Nc2cccc(F)c2)nnc1C(C)Oc1ccc(C(C)C)cc1. The van der Waals surface area contributed by atoms with E-state index in [0.717, 1.165) is 5.75 Å². The summed E-state index contributed by atoms with van der Waals surface area (Å²) in [5.41, 5.74) is 1.68. The van der Waals surface area contributed by atoms with E-state index in [1.807, 2.05) is 30.5 Å². The summed E-state index contributed by atoms with van der Waals surface area (Å²) >= 11 is 1.28. The van der Waals surface area contributed by atoms with Gasteiger partial charge in [0.25, 0.3) is 0 Å². The Balaban J connectivity index is 1.62. The number of hydrogen-bond acceptors (Lipinski definition) is 5. The second-order valence-corrected chi connectivity index (χ2v) is 8.36. The first kappa shape index (κ1) is 22.8. The zero-order chi connectivity index (χ0) is 22.4. The van der Waals surface area contributed by atoms with E-state index in [4.69, 9.17) is 4.74 Å². The number of benzene rings is 2. The van der Waals surface area contributed by atoms with E-state index in [-0.39, 0.29) is 17.8 Å². The maximum absolute atomic E-state index is 13.3. The Bertz CT molecular complexity index is 1020. The molecule has 0 bridgehead atoms. The largest absolute Gasteiger partial charge is 0.483 e. The number of nitrogens with zero attached hydrogens (tertiary/aromatic N) is 3. The van der Waals surface area contributed by atoms with E-state index < -0.39 is 5.82 Å². The van der Waals surface area contributed by atoms with Crippen LogP contribution in [0.2, 0.25) is 0 Å². The van der Waals surface area contributed by atoms with Crippen molar-refractivity contribution in [1.29, 1.82) is 0 Å². The molecule has 1 unspecified atom stereocenters. The van der Waals surface area contributed by atoms with Crippen molar-refractivity contribution in [3.63, 3.8) is 0 Å². The van der Waals surface area contributed by atoms with Crippen molar-refractivity contribution in [1.82, 2.24) is 14.8 Å². The highest BCUT2D eigenvalue weighted by Crippen LogP contribution is 2.26. The van der Waals surface area contributed by atoms with E-state index in [1.165, 1.54) is 29.5 Å². The van der Waals surface area contributed by atoms with Gasteiger partial charge in [0.2, 0.25) is 5.91 Å². The number of aromatic nitrogens is 3. The molecule has 3 aromatic rings. The maximum Gasteiger partial charge on any atom is 0.234 e. The lowest BCUT2D eigenvalue weighted by molar-refractivity contribution is -0.113. The second-order valence-electron chi connectivity index (χ2n) is 7.42. The van der Waals surface area contributed by atoms with Crippen LogP contribution in [0.3, 0.4) is 0 Å². The third-order valence-corrected chi connectivity index (χ3v) is 5.69. The van der Waals surface area contributed by atoms with Crippen molar-refractivity contribution >= 4 is 23.4 Å². The lowest BCUT2D eigenvalue weighted by atomic mass is 10.0. The predicted molar refractivity (Wildman–Crippen MR) is 121 cm³/mol. The molecule has 0 aliphatic rings. The van der Waals surface area contributed by atoms with E-state index in [2.05, 4.69) is 41.5 Å². The summed E-state index contributed by atoms with van der Waals surface area (Å²) in [5, 5.41) is 11.8. The molecule has 0 saturated heterocycles. The van der Waals surface area contributed by atoms with E-state index >= 15 is 0 Å². The van der Waals surface area contributed by atoms with Crippen LogP contribution in [0.4, 0.5) is 10.1 Å². The number of halogens is 1. The molecule has 0 fully saturated rings. The van der Waals surface area contributed by atoms with Gasteiger partial charge in [-0.2, -0.15) is 0 Å². The predicted octanol–water partition coefficient (Wildman–Crippen LogP) is 5.43. The number of hydrogen-bond donors (Lipinski definition) is 1. The summed E-state index contributed by atoms with van der Waals surface area (Å²) in [5.74, 6) is 1.44. The van der Waals surface area contributed by atoms with Gasteiger partial charge in [0.05, 0.1) is 5.75 Å². The summed E-state index contributed by atoms with van der Waals surface area (Å²) in [6.07, 6.45) is -0.298. The van der Waals surface area contributed by atoms with Gasteiger partial charge in [-0.15, -0.1) is 10.2 Å². The van der Waals surface area contributed by atoms with Crippen LogP contribution in [0.5, 0.6) is 5.75 Å². The number of rotatable bonds is 9. The smallest absolute Gasteiger partial charge is 0.234 e. The minimum Gasteiger partial charge on any atom is -0.483 e. The van der Waals surface area contributed by atoms with Gasteiger partial charge in [-0.25, -0.2) is 4.39 Å². The van der Waals surface area contributed by atoms with Crippen LogP contribution in [0, 0.1) is 5.82 Å². The van der Waals surface area contributed by atoms with Crippen LogP contribution < -0.4 is 10.1 Å². The number of amides is 1. The summed E-state index contributed by atoms with van der Waals surface area (Å²) in [4.78, 5) is 12.2. The molecule has 1 heterocycles. The van der Waals surface area contributed by atoms with Gasteiger partial charge >= 0.3 is 0 Å². The lowest BCUT2D eigenvalue weighted by Crippen LogP contribution is -2.15. The third kappa shape index (κ3) is 6.07. The summed E-state index contributed by atoms with van der Waals surface area (Å²) in [7, 11) is 0. The molecule has 1 N–H and O–H groups in total. The maximum atomic E-state index is 13.3. The van der Waals surface area contributed by atoms with Crippen LogP contribution in [0.15, 0.2) is 53.7 Å². The molecule has 8 heteroatoms. The second kappa shape index (κ2) is 10.4. The van der Waals surface area contributed by atoms with Gasteiger partial charge in [-0.05, 0) is 55.7 Å². The van der Waals surface area contributed by atoms with Crippen molar-refractivity contribution in [2.24, 2.45) is 0 Å². The zero-order valence-electron chi connectivity index (χ0n) is 18.1. The van der Waals surface area contributed by atoms with Gasteiger partial charge in [-0.1, -0.05) is 43.8 Å². The van der Waals surface area contributed by atoms with Crippen molar-refractivity contribution in [3.05, 3.63) is 65.7 Å².